The van der Waals surface area contributed by atoms with E-state index >= 15 is 0 Å². The summed E-state index contributed by atoms with van der Waals surface area (Å²) >= 11 is 0. The molecule has 1 aromatic rings. The van der Waals surface area contributed by atoms with Crippen LogP contribution in [-0.4, -0.2) is 13.2 Å². The van der Waals surface area contributed by atoms with Crippen molar-refractivity contribution in [2.75, 3.05) is 13.2 Å². The van der Waals surface area contributed by atoms with Crippen molar-refractivity contribution in [1.29, 1.82) is 0 Å². The molecule has 1 rings (SSSR count). The number of aryl methyl sites for hydroxylation is 1. The summed E-state index contributed by atoms with van der Waals surface area (Å²) in [5.74, 6) is 2.55. The summed E-state index contributed by atoms with van der Waals surface area (Å²) in [6.45, 7) is 11.8. The van der Waals surface area contributed by atoms with Gasteiger partial charge in [-0.05, 0) is 31.9 Å². The summed E-state index contributed by atoms with van der Waals surface area (Å²) in [4.78, 5) is 0. The van der Waals surface area contributed by atoms with Crippen LogP contribution in [0, 0.1) is 12.8 Å². The van der Waals surface area contributed by atoms with Crippen LogP contribution >= 0.6 is 0 Å². The van der Waals surface area contributed by atoms with Gasteiger partial charge in [0.2, 0.25) is 0 Å². The van der Waals surface area contributed by atoms with Gasteiger partial charge < -0.3 is 14.5 Å². The highest BCUT2D eigenvalue weighted by atomic mass is 16.5. The van der Waals surface area contributed by atoms with Crippen molar-refractivity contribution in [2.45, 2.75) is 47.3 Å². The third kappa shape index (κ3) is 5.37. The first-order chi connectivity index (χ1) is 8.13. The minimum absolute atomic E-state index is 0.577. The first-order valence-corrected chi connectivity index (χ1v) is 6.50. The lowest BCUT2D eigenvalue weighted by atomic mass is 10.2. The molecule has 0 spiro atoms. The van der Waals surface area contributed by atoms with E-state index in [1.807, 2.05) is 6.92 Å². The second-order valence-electron chi connectivity index (χ2n) is 4.88. The van der Waals surface area contributed by atoms with Crippen molar-refractivity contribution >= 4 is 0 Å². The molecular formula is C14H25NO2. The summed E-state index contributed by atoms with van der Waals surface area (Å²) in [6, 6.07) is 2.10. The Kier molecular flexibility index (Phi) is 6.30. The van der Waals surface area contributed by atoms with E-state index in [-0.39, 0.29) is 0 Å². The molecule has 0 radical (unpaired) electrons. The maximum atomic E-state index is 5.68. The fraction of sp³-hybridized carbons (Fsp3) is 0.714. The van der Waals surface area contributed by atoms with E-state index in [1.165, 1.54) is 5.56 Å². The topological polar surface area (TPSA) is 34.4 Å². The van der Waals surface area contributed by atoms with E-state index in [0.29, 0.717) is 12.5 Å². The second-order valence-corrected chi connectivity index (χ2v) is 4.88. The van der Waals surface area contributed by atoms with Gasteiger partial charge in [0.1, 0.15) is 11.5 Å². The molecule has 0 unspecified atom stereocenters. The lowest BCUT2D eigenvalue weighted by Gasteiger charge is -2.05. The summed E-state index contributed by atoms with van der Waals surface area (Å²) in [5, 5.41) is 3.33. The fourth-order valence-corrected chi connectivity index (χ4v) is 1.61. The highest BCUT2D eigenvalue weighted by molar-refractivity contribution is 5.19. The van der Waals surface area contributed by atoms with E-state index in [1.54, 1.807) is 0 Å². The summed E-state index contributed by atoms with van der Waals surface area (Å²) in [5.41, 5.74) is 1.17. The molecule has 0 amide bonds. The zero-order chi connectivity index (χ0) is 12.7. The molecule has 3 nitrogen and oxygen atoms in total. The van der Waals surface area contributed by atoms with Gasteiger partial charge in [0.05, 0.1) is 13.2 Å². The smallest absolute Gasteiger partial charge is 0.118 e. The van der Waals surface area contributed by atoms with Gasteiger partial charge in [-0.2, -0.15) is 0 Å². The quantitative estimate of drug-likeness (QED) is 0.707. The third-order valence-corrected chi connectivity index (χ3v) is 2.51. The van der Waals surface area contributed by atoms with Crippen LogP contribution in [0.15, 0.2) is 10.5 Å². The number of furan rings is 1. The number of ether oxygens (including phenoxy) is 1. The van der Waals surface area contributed by atoms with Crippen LogP contribution in [-0.2, 0) is 17.9 Å². The van der Waals surface area contributed by atoms with Crippen molar-refractivity contribution < 1.29 is 9.15 Å². The number of rotatable bonds is 8. The Balaban J connectivity index is 2.39. The van der Waals surface area contributed by atoms with Crippen LogP contribution in [0.2, 0.25) is 0 Å². The molecule has 17 heavy (non-hydrogen) atoms. The molecule has 1 N–H and O–H groups in total. The maximum Gasteiger partial charge on any atom is 0.118 e. The van der Waals surface area contributed by atoms with Crippen LogP contribution in [0.5, 0.6) is 0 Å². The summed E-state index contributed by atoms with van der Waals surface area (Å²) < 4.78 is 11.3. The second kappa shape index (κ2) is 7.51. The first-order valence-electron chi connectivity index (χ1n) is 6.50. The van der Waals surface area contributed by atoms with Crippen LogP contribution < -0.4 is 5.32 Å². The molecule has 0 fully saturated rings. The van der Waals surface area contributed by atoms with Gasteiger partial charge in [0.15, 0.2) is 0 Å². The van der Waals surface area contributed by atoms with Gasteiger partial charge >= 0.3 is 0 Å². The molecular weight excluding hydrogens is 214 g/mol. The Bertz CT molecular complexity index is 318. The molecule has 3 heteroatoms. The molecule has 0 atom stereocenters. The van der Waals surface area contributed by atoms with Gasteiger partial charge in [-0.3, -0.25) is 0 Å². The molecule has 0 aliphatic carbocycles. The van der Waals surface area contributed by atoms with Gasteiger partial charge in [0, 0.05) is 12.2 Å². The van der Waals surface area contributed by atoms with Crippen molar-refractivity contribution in [3.8, 4) is 0 Å². The van der Waals surface area contributed by atoms with E-state index in [0.717, 1.165) is 37.6 Å². The van der Waals surface area contributed by atoms with Crippen LogP contribution in [0.3, 0.4) is 0 Å². The summed E-state index contributed by atoms with van der Waals surface area (Å²) in [7, 11) is 0. The zero-order valence-electron chi connectivity index (χ0n) is 11.5. The molecule has 0 aromatic carbocycles. The molecule has 1 heterocycles. The van der Waals surface area contributed by atoms with E-state index in [4.69, 9.17) is 9.15 Å². The predicted molar refractivity (Wildman–Crippen MR) is 69.9 cm³/mol. The van der Waals surface area contributed by atoms with Crippen molar-refractivity contribution in [2.24, 2.45) is 5.92 Å². The fourth-order valence-electron chi connectivity index (χ4n) is 1.61. The lowest BCUT2D eigenvalue weighted by Crippen LogP contribution is -2.13. The Morgan fingerprint density at radius 2 is 2.18 bits per heavy atom. The monoisotopic (exact) mass is 239 g/mol. The highest BCUT2D eigenvalue weighted by Gasteiger charge is 2.07. The Labute approximate surface area is 105 Å². The SMILES string of the molecule is CCCNCc1cc(COCC(C)C)c(C)o1. The minimum Gasteiger partial charge on any atom is -0.465 e. The average molecular weight is 239 g/mol. The van der Waals surface area contributed by atoms with Gasteiger partial charge in [-0.15, -0.1) is 0 Å². The molecule has 0 bridgehead atoms. The summed E-state index contributed by atoms with van der Waals surface area (Å²) in [6.07, 6.45) is 1.14. The number of hydrogen-bond donors (Lipinski definition) is 1. The standard InChI is InChI=1S/C14H25NO2/c1-5-6-15-8-14-7-13(12(4)17-14)10-16-9-11(2)3/h7,11,15H,5-6,8-10H2,1-4H3. The number of nitrogens with one attached hydrogen (secondary N) is 1. The van der Waals surface area contributed by atoms with Gasteiger partial charge in [-0.1, -0.05) is 20.8 Å². The van der Waals surface area contributed by atoms with E-state index < -0.39 is 0 Å². The maximum absolute atomic E-state index is 5.68. The molecule has 0 saturated heterocycles. The third-order valence-electron chi connectivity index (χ3n) is 2.51. The molecule has 0 aliphatic rings. The van der Waals surface area contributed by atoms with Crippen molar-refractivity contribution in [1.82, 2.24) is 5.32 Å². The van der Waals surface area contributed by atoms with Crippen LogP contribution in [0.25, 0.3) is 0 Å². The molecule has 0 aliphatic heterocycles. The normalized spacial score (nSPS) is 11.4. The lowest BCUT2D eigenvalue weighted by molar-refractivity contribution is 0.0962. The average Bonchev–Trinajstić information content (AvgIpc) is 2.60. The predicted octanol–water partition coefficient (Wildman–Crippen LogP) is 3.26. The van der Waals surface area contributed by atoms with Crippen LogP contribution in [0.1, 0.15) is 44.3 Å². The minimum atomic E-state index is 0.577. The van der Waals surface area contributed by atoms with Crippen LogP contribution in [0.4, 0.5) is 0 Å². The zero-order valence-corrected chi connectivity index (χ0v) is 11.5. The Hall–Kier alpha value is -0.800. The molecule has 98 valence electrons. The Morgan fingerprint density at radius 1 is 1.41 bits per heavy atom. The number of hydrogen-bond acceptors (Lipinski definition) is 3. The molecule has 1 aromatic heterocycles. The van der Waals surface area contributed by atoms with Gasteiger partial charge in [0.25, 0.3) is 0 Å². The highest BCUT2D eigenvalue weighted by Crippen LogP contribution is 2.16. The first kappa shape index (κ1) is 14.3. The molecule has 0 saturated carbocycles. The van der Waals surface area contributed by atoms with E-state index in [9.17, 15) is 0 Å². The van der Waals surface area contributed by atoms with Gasteiger partial charge in [-0.25, -0.2) is 0 Å². The Morgan fingerprint density at radius 3 is 2.82 bits per heavy atom. The van der Waals surface area contributed by atoms with E-state index in [2.05, 4.69) is 32.2 Å². The van der Waals surface area contributed by atoms with Crippen molar-refractivity contribution in [3.63, 3.8) is 0 Å². The van der Waals surface area contributed by atoms with Crippen molar-refractivity contribution in [3.05, 3.63) is 23.2 Å². The largest absolute Gasteiger partial charge is 0.465 e.